The minimum Gasteiger partial charge on any atom is -0.298 e. The first kappa shape index (κ1) is 10.3. The van der Waals surface area contributed by atoms with Crippen LogP contribution < -0.4 is 5.56 Å². The fourth-order valence-electron chi connectivity index (χ4n) is 1.53. The fourth-order valence-corrected chi connectivity index (χ4v) is 2.27. The summed E-state index contributed by atoms with van der Waals surface area (Å²) in [6.07, 6.45) is 1.61. The van der Waals surface area contributed by atoms with E-state index in [1.165, 1.54) is 11.5 Å². The first-order valence-electron chi connectivity index (χ1n) is 4.91. The van der Waals surface area contributed by atoms with E-state index in [2.05, 4.69) is 23.2 Å². The summed E-state index contributed by atoms with van der Waals surface area (Å²) in [4.78, 5) is 17.0. The van der Waals surface area contributed by atoms with Crippen molar-refractivity contribution in [2.75, 3.05) is 0 Å². The molecule has 0 aliphatic rings. The molecule has 0 unspecified atom stereocenters. The molecule has 0 spiro atoms. The largest absolute Gasteiger partial charge is 0.298 e. The van der Waals surface area contributed by atoms with Gasteiger partial charge in [0.1, 0.15) is 0 Å². The van der Waals surface area contributed by atoms with Crippen molar-refractivity contribution in [3.8, 4) is 0 Å². The number of aromatic nitrogens is 3. The van der Waals surface area contributed by atoms with E-state index >= 15 is 0 Å². The molecule has 0 N–H and O–H groups in total. The molecule has 2 aromatic rings. The summed E-state index contributed by atoms with van der Waals surface area (Å²) >= 11 is 1.28. The Morgan fingerprint density at radius 3 is 2.93 bits per heavy atom. The molecule has 80 valence electrons. The van der Waals surface area contributed by atoms with Crippen LogP contribution in [-0.2, 0) is 6.54 Å². The van der Waals surface area contributed by atoms with Crippen LogP contribution in [0.15, 0.2) is 11.1 Å². The lowest BCUT2D eigenvalue weighted by Crippen LogP contribution is -2.22. The predicted molar refractivity (Wildman–Crippen MR) is 61.3 cm³/mol. The van der Waals surface area contributed by atoms with Crippen molar-refractivity contribution in [1.29, 1.82) is 0 Å². The van der Waals surface area contributed by atoms with Crippen molar-refractivity contribution in [3.63, 3.8) is 0 Å². The Morgan fingerprint density at radius 2 is 2.27 bits per heavy atom. The van der Waals surface area contributed by atoms with Gasteiger partial charge >= 0.3 is 0 Å². The summed E-state index contributed by atoms with van der Waals surface area (Å²) in [6.45, 7) is 6.71. The number of hydrogen-bond donors (Lipinski definition) is 0. The molecule has 0 fully saturated rings. The number of fused-ring (bicyclic) bond motifs is 1. The lowest BCUT2D eigenvalue weighted by Gasteiger charge is -2.07. The Morgan fingerprint density at radius 1 is 1.53 bits per heavy atom. The highest BCUT2D eigenvalue weighted by Crippen LogP contribution is 2.15. The van der Waals surface area contributed by atoms with Crippen molar-refractivity contribution in [2.45, 2.75) is 27.3 Å². The van der Waals surface area contributed by atoms with Gasteiger partial charge in [0.15, 0.2) is 4.83 Å². The second-order valence-electron chi connectivity index (χ2n) is 4.04. The van der Waals surface area contributed by atoms with E-state index in [9.17, 15) is 4.79 Å². The fraction of sp³-hybridized carbons (Fsp3) is 0.500. The zero-order valence-corrected chi connectivity index (χ0v) is 9.84. The zero-order chi connectivity index (χ0) is 11.0. The van der Waals surface area contributed by atoms with E-state index in [0.717, 1.165) is 10.5 Å². The van der Waals surface area contributed by atoms with Crippen LogP contribution in [0.3, 0.4) is 0 Å². The van der Waals surface area contributed by atoms with Gasteiger partial charge in [-0.3, -0.25) is 9.36 Å². The molecule has 2 rings (SSSR count). The number of aryl methyl sites for hydroxylation is 1. The van der Waals surface area contributed by atoms with Crippen LogP contribution in [0, 0.1) is 12.8 Å². The van der Waals surface area contributed by atoms with E-state index in [4.69, 9.17) is 0 Å². The van der Waals surface area contributed by atoms with E-state index in [1.807, 2.05) is 6.92 Å². The molecule has 2 aromatic heterocycles. The summed E-state index contributed by atoms with van der Waals surface area (Å²) in [5, 5.41) is 0.670. The highest BCUT2D eigenvalue weighted by molar-refractivity contribution is 7.12. The van der Waals surface area contributed by atoms with Gasteiger partial charge < -0.3 is 0 Å². The van der Waals surface area contributed by atoms with E-state index in [-0.39, 0.29) is 5.56 Å². The molecular formula is C10H13N3OS. The molecular weight excluding hydrogens is 210 g/mol. The van der Waals surface area contributed by atoms with Crippen molar-refractivity contribution in [3.05, 3.63) is 22.4 Å². The maximum absolute atomic E-state index is 12.0. The Hall–Kier alpha value is -1.23. The summed E-state index contributed by atoms with van der Waals surface area (Å²) in [7, 11) is 0. The number of rotatable bonds is 2. The summed E-state index contributed by atoms with van der Waals surface area (Å²) < 4.78 is 5.80. The molecule has 0 amide bonds. The van der Waals surface area contributed by atoms with Crippen molar-refractivity contribution >= 4 is 21.7 Å². The van der Waals surface area contributed by atoms with E-state index in [0.29, 0.717) is 17.8 Å². The molecule has 0 aromatic carbocycles. The molecule has 4 nitrogen and oxygen atoms in total. The Bertz CT molecular complexity index is 541. The highest BCUT2D eigenvalue weighted by atomic mass is 32.1. The highest BCUT2D eigenvalue weighted by Gasteiger charge is 2.10. The standard InChI is InChI=1S/C10H13N3OS/c1-6(2)4-13-5-11-9-8(10(13)14)7(3)12-15-9/h5-6H,4H2,1-3H3. The molecule has 0 aliphatic heterocycles. The van der Waals surface area contributed by atoms with Gasteiger partial charge in [-0.25, -0.2) is 4.98 Å². The average molecular weight is 223 g/mol. The monoisotopic (exact) mass is 223 g/mol. The SMILES string of the molecule is Cc1nsc2ncn(CC(C)C)c(=O)c12. The Balaban J connectivity index is 2.64. The van der Waals surface area contributed by atoms with Crippen molar-refractivity contribution < 1.29 is 0 Å². The minimum atomic E-state index is 0.0277. The first-order valence-corrected chi connectivity index (χ1v) is 5.68. The molecule has 0 atom stereocenters. The van der Waals surface area contributed by atoms with Gasteiger partial charge in [0.2, 0.25) is 0 Å². The third-order valence-corrected chi connectivity index (χ3v) is 3.04. The molecule has 15 heavy (non-hydrogen) atoms. The van der Waals surface area contributed by atoms with Gasteiger partial charge in [-0.2, -0.15) is 4.37 Å². The minimum absolute atomic E-state index is 0.0277. The molecule has 0 bridgehead atoms. The van der Waals surface area contributed by atoms with Crippen molar-refractivity contribution in [2.24, 2.45) is 5.92 Å². The van der Waals surface area contributed by atoms with Gasteiger partial charge in [-0.05, 0) is 24.4 Å². The quantitative estimate of drug-likeness (QED) is 0.780. The lowest BCUT2D eigenvalue weighted by atomic mass is 10.2. The smallest absolute Gasteiger partial charge is 0.263 e. The lowest BCUT2D eigenvalue weighted by molar-refractivity contribution is 0.508. The Labute approximate surface area is 91.7 Å². The van der Waals surface area contributed by atoms with Gasteiger partial charge in [-0.15, -0.1) is 0 Å². The molecule has 0 saturated heterocycles. The van der Waals surface area contributed by atoms with Gasteiger partial charge in [0, 0.05) is 6.54 Å². The molecule has 0 radical (unpaired) electrons. The average Bonchev–Trinajstić information content (AvgIpc) is 2.53. The molecule has 5 heteroatoms. The van der Waals surface area contributed by atoms with Crippen LogP contribution >= 0.6 is 11.5 Å². The predicted octanol–water partition coefficient (Wildman–Crippen LogP) is 1.82. The normalized spacial score (nSPS) is 11.5. The number of hydrogen-bond acceptors (Lipinski definition) is 4. The zero-order valence-electron chi connectivity index (χ0n) is 9.02. The Kier molecular flexibility index (Phi) is 2.56. The van der Waals surface area contributed by atoms with Crippen LogP contribution in [0.2, 0.25) is 0 Å². The van der Waals surface area contributed by atoms with Crippen LogP contribution in [0.25, 0.3) is 10.2 Å². The van der Waals surface area contributed by atoms with Gasteiger partial charge in [0.05, 0.1) is 17.4 Å². The summed E-state index contributed by atoms with van der Waals surface area (Å²) in [6, 6.07) is 0. The van der Waals surface area contributed by atoms with Crippen molar-refractivity contribution in [1.82, 2.24) is 13.9 Å². The van der Waals surface area contributed by atoms with Crippen LogP contribution in [-0.4, -0.2) is 13.9 Å². The van der Waals surface area contributed by atoms with Gasteiger partial charge in [-0.1, -0.05) is 13.8 Å². The molecule has 0 aliphatic carbocycles. The maximum Gasteiger partial charge on any atom is 0.263 e. The molecule has 0 saturated carbocycles. The molecule has 2 heterocycles. The van der Waals surface area contributed by atoms with Gasteiger partial charge in [0.25, 0.3) is 5.56 Å². The maximum atomic E-state index is 12.0. The third-order valence-electron chi connectivity index (χ3n) is 2.20. The second-order valence-corrected chi connectivity index (χ2v) is 4.80. The van der Waals surface area contributed by atoms with E-state index in [1.54, 1.807) is 10.9 Å². The third kappa shape index (κ3) is 1.79. The number of nitrogens with zero attached hydrogens (tertiary/aromatic N) is 3. The summed E-state index contributed by atoms with van der Waals surface area (Å²) in [5.41, 5.74) is 0.811. The van der Waals surface area contributed by atoms with E-state index < -0.39 is 0 Å². The first-order chi connectivity index (χ1) is 7.09. The topological polar surface area (TPSA) is 47.8 Å². The summed E-state index contributed by atoms with van der Waals surface area (Å²) in [5.74, 6) is 0.439. The van der Waals surface area contributed by atoms with Crippen LogP contribution in [0.5, 0.6) is 0 Å². The van der Waals surface area contributed by atoms with Crippen LogP contribution in [0.1, 0.15) is 19.5 Å². The van der Waals surface area contributed by atoms with Crippen LogP contribution in [0.4, 0.5) is 0 Å². The second kappa shape index (κ2) is 3.73.